The number of ether oxygens (including phenoxy) is 1. The quantitative estimate of drug-likeness (QED) is 0.647. The molecule has 0 aliphatic rings. The molecule has 0 radical (unpaired) electrons. The number of amides is 2. The van der Waals surface area contributed by atoms with E-state index in [-0.39, 0.29) is 11.8 Å². The molecule has 3 rings (SSSR count). The van der Waals surface area contributed by atoms with E-state index in [1.807, 2.05) is 60.7 Å². The van der Waals surface area contributed by atoms with E-state index in [9.17, 15) is 9.59 Å². The molecule has 5 nitrogen and oxygen atoms in total. The summed E-state index contributed by atoms with van der Waals surface area (Å²) >= 11 is 0. The predicted octanol–water partition coefficient (Wildman–Crippen LogP) is 3.80. The van der Waals surface area contributed by atoms with Crippen molar-refractivity contribution in [3.8, 4) is 16.9 Å². The van der Waals surface area contributed by atoms with Crippen molar-refractivity contribution in [2.75, 3.05) is 7.05 Å². The van der Waals surface area contributed by atoms with Crippen LogP contribution in [-0.4, -0.2) is 25.0 Å². The van der Waals surface area contributed by atoms with Gasteiger partial charge in [0.15, 0.2) is 6.10 Å². The van der Waals surface area contributed by atoms with E-state index >= 15 is 0 Å². The zero-order valence-corrected chi connectivity index (χ0v) is 16.5. The van der Waals surface area contributed by atoms with E-state index in [4.69, 9.17) is 4.74 Å². The highest BCUT2D eigenvalue weighted by atomic mass is 16.5. The van der Waals surface area contributed by atoms with Crippen molar-refractivity contribution in [2.24, 2.45) is 0 Å². The Kier molecular flexibility index (Phi) is 6.63. The average molecular weight is 388 g/mol. The van der Waals surface area contributed by atoms with Gasteiger partial charge in [-0.3, -0.25) is 9.59 Å². The Labute approximate surface area is 170 Å². The summed E-state index contributed by atoms with van der Waals surface area (Å²) in [6.45, 7) is 2.03. The van der Waals surface area contributed by atoms with Crippen molar-refractivity contribution in [1.29, 1.82) is 0 Å². The standard InChI is InChI=1S/C24H24N2O3/c1-17(23(27)26-16-18-7-6-10-21(15-18)24(28)25-2)29-22-13-11-20(12-14-22)19-8-4-3-5-9-19/h3-15,17H,16H2,1-2H3,(H,25,28)(H,26,27)/t17-/m0/s1. The van der Waals surface area contributed by atoms with Crippen molar-refractivity contribution >= 4 is 11.8 Å². The summed E-state index contributed by atoms with van der Waals surface area (Å²) in [6.07, 6.45) is -0.639. The molecule has 0 unspecified atom stereocenters. The van der Waals surface area contributed by atoms with Crippen LogP contribution in [0.25, 0.3) is 11.1 Å². The van der Waals surface area contributed by atoms with Crippen molar-refractivity contribution in [3.63, 3.8) is 0 Å². The molecule has 0 fully saturated rings. The second kappa shape index (κ2) is 9.55. The van der Waals surface area contributed by atoms with Crippen LogP contribution < -0.4 is 15.4 Å². The molecule has 1 atom stereocenters. The Hall–Kier alpha value is -3.60. The van der Waals surface area contributed by atoms with E-state index in [0.29, 0.717) is 17.9 Å². The highest BCUT2D eigenvalue weighted by Gasteiger charge is 2.14. The normalized spacial score (nSPS) is 11.4. The molecule has 0 aliphatic heterocycles. The lowest BCUT2D eigenvalue weighted by Gasteiger charge is -2.15. The third kappa shape index (κ3) is 5.45. The van der Waals surface area contributed by atoms with Gasteiger partial charge in [0, 0.05) is 19.2 Å². The van der Waals surface area contributed by atoms with E-state index in [2.05, 4.69) is 10.6 Å². The SMILES string of the molecule is CNC(=O)c1cccc(CNC(=O)[C@H](C)Oc2ccc(-c3ccccc3)cc2)c1. The van der Waals surface area contributed by atoms with Crippen molar-refractivity contribution in [2.45, 2.75) is 19.6 Å². The predicted molar refractivity (Wildman–Crippen MR) is 114 cm³/mol. The van der Waals surface area contributed by atoms with Crippen molar-refractivity contribution in [1.82, 2.24) is 10.6 Å². The summed E-state index contributed by atoms with van der Waals surface area (Å²) in [4.78, 5) is 24.1. The molecule has 29 heavy (non-hydrogen) atoms. The number of hydrogen-bond donors (Lipinski definition) is 2. The van der Waals surface area contributed by atoms with Crippen LogP contribution in [0.3, 0.4) is 0 Å². The van der Waals surface area contributed by atoms with E-state index in [1.54, 1.807) is 32.2 Å². The molecule has 0 aromatic heterocycles. The highest BCUT2D eigenvalue weighted by Crippen LogP contribution is 2.22. The minimum atomic E-state index is -0.639. The largest absolute Gasteiger partial charge is 0.481 e. The molecule has 2 N–H and O–H groups in total. The first-order valence-electron chi connectivity index (χ1n) is 9.47. The first-order valence-corrected chi connectivity index (χ1v) is 9.47. The lowest BCUT2D eigenvalue weighted by Crippen LogP contribution is -2.35. The van der Waals surface area contributed by atoms with Crippen LogP contribution in [-0.2, 0) is 11.3 Å². The Bertz CT molecular complexity index is 969. The van der Waals surface area contributed by atoms with Gasteiger partial charge in [0.2, 0.25) is 0 Å². The first-order chi connectivity index (χ1) is 14.1. The lowest BCUT2D eigenvalue weighted by atomic mass is 10.1. The van der Waals surface area contributed by atoms with Crippen molar-refractivity contribution in [3.05, 3.63) is 90.0 Å². The molecule has 0 aliphatic carbocycles. The summed E-state index contributed by atoms with van der Waals surface area (Å²) in [6, 6.07) is 24.9. The molecular weight excluding hydrogens is 364 g/mol. The number of rotatable bonds is 7. The Morgan fingerprint density at radius 2 is 1.59 bits per heavy atom. The van der Waals surface area contributed by atoms with Crippen LogP contribution in [0.15, 0.2) is 78.9 Å². The van der Waals surface area contributed by atoms with E-state index in [1.165, 1.54) is 0 Å². The maximum Gasteiger partial charge on any atom is 0.261 e. The van der Waals surface area contributed by atoms with E-state index in [0.717, 1.165) is 16.7 Å². The summed E-state index contributed by atoms with van der Waals surface area (Å²) in [5, 5.41) is 5.43. The fraction of sp³-hybridized carbons (Fsp3) is 0.167. The summed E-state index contributed by atoms with van der Waals surface area (Å²) in [5.41, 5.74) is 3.62. The van der Waals surface area contributed by atoms with Gasteiger partial charge in [-0.15, -0.1) is 0 Å². The summed E-state index contributed by atoms with van der Waals surface area (Å²) < 4.78 is 5.76. The molecule has 0 spiro atoms. The molecule has 5 heteroatoms. The molecule has 0 heterocycles. The van der Waals surface area contributed by atoms with Crippen LogP contribution >= 0.6 is 0 Å². The van der Waals surface area contributed by atoms with Gasteiger partial charge in [-0.05, 0) is 47.9 Å². The molecule has 0 bridgehead atoms. The molecule has 2 amide bonds. The van der Waals surface area contributed by atoms with Gasteiger partial charge >= 0.3 is 0 Å². The number of benzene rings is 3. The summed E-state index contributed by atoms with van der Waals surface area (Å²) in [5.74, 6) is 0.255. The molecule has 0 saturated heterocycles. The van der Waals surface area contributed by atoms with Crippen LogP contribution in [0.5, 0.6) is 5.75 Å². The van der Waals surface area contributed by atoms with Crippen LogP contribution in [0.2, 0.25) is 0 Å². The molecule has 3 aromatic rings. The topological polar surface area (TPSA) is 67.4 Å². The third-order valence-electron chi connectivity index (χ3n) is 4.53. The zero-order valence-electron chi connectivity index (χ0n) is 16.5. The van der Waals surface area contributed by atoms with Crippen LogP contribution in [0.1, 0.15) is 22.8 Å². The van der Waals surface area contributed by atoms with Gasteiger partial charge in [0.05, 0.1) is 0 Å². The van der Waals surface area contributed by atoms with Gasteiger partial charge in [-0.1, -0.05) is 54.6 Å². The Morgan fingerprint density at radius 3 is 2.28 bits per heavy atom. The molecule has 0 saturated carbocycles. The van der Waals surface area contributed by atoms with Gasteiger partial charge in [-0.2, -0.15) is 0 Å². The second-order valence-corrected chi connectivity index (χ2v) is 6.65. The zero-order chi connectivity index (χ0) is 20.6. The molecule has 148 valence electrons. The smallest absolute Gasteiger partial charge is 0.261 e. The van der Waals surface area contributed by atoms with E-state index < -0.39 is 6.10 Å². The van der Waals surface area contributed by atoms with Crippen LogP contribution in [0.4, 0.5) is 0 Å². The second-order valence-electron chi connectivity index (χ2n) is 6.65. The summed E-state index contributed by atoms with van der Waals surface area (Å²) in [7, 11) is 1.59. The fourth-order valence-corrected chi connectivity index (χ4v) is 2.91. The fourth-order valence-electron chi connectivity index (χ4n) is 2.91. The van der Waals surface area contributed by atoms with Gasteiger partial charge in [-0.25, -0.2) is 0 Å². The van der Waals surface area contributed by atoms with Gasteiger partial charge in [0.1, 0.15) is 5.75 Å². The molecular formula is C24H24N2O3. The maximum atomic E-state index is 12.4. The van der Waals surface area contributed by atoms with Crippen molar-refractivity contribution < 1.29 is 14.3 Å². The van der Waals surface area contributed by atoms with Crippen LogP contribution in [0, 0.1) is 0 Å². The first kappa shape index (κ1) is 20.1. The minimum Gasteiger partial charge on any atom is -0.481 e. The minimum absolute atomic E-state index is 0.158. The Morgan fingerprint density at radius 1 is 0.897 bits per heavy atom. The molecule has 3 aromatic carbocycles. The van der Waals surface area contributed by atoms with Gasteiger partial charge in [0.25, 0.3) is 11.8 Å². The lowest BCUT2D eigenvalue weighted by molar-refractivity contribution is -0.127. The monoisotopic (exact) mass is 388 g/mol. The number of carbonyl (C=O) groups is 2. The highest BCUT2D eigenvalue weighted by molar-refractivity contribution is 5.94. The maximum absolute atomic E-state index is 12.4. The number of carbonyl (C=O) groups excluding carboxylic acids is 2. The average Bonchev–Trinajstić information content (AvgIpc) is 2.78. The number of hydrogen-bond acceptors (Lipinski definition) is 3. The van der Waals surface area contributed by atoms with Gasteiger partial charge < -0.3 is 15.4 Å². The number of nitrogens with one attached hydrogen (secondary N) is 2. The Balaban J connectivity index is 1.55. The third-order valence-corrected chi connectivity index (χ3v) is 4.53.